The normalized spacial score (nSPS) is 10.3. The molecule has 114 valence electrons. The summed E-state index contributed by atoms with van der Waals surface area (Å²) < 4.78 is 19.3. The van der Waals surface area contributed by atoms with Gasteiger partial charge in [0.15, 0.2) is 0 Å². The Bertz CT molecular complexity index is 819. The van der Waals surface area contributed by atoms with Gasteiger partial charge in [-0.25, -0.2) is 4.39 Å². The second-order valence-corrected chi connectivity index (χ2v) is 5.04. The Labute approximate surface area is 133 Å². The van der Waals surface area contributed by atoms with Crippen LogP contribution in [-0.2, 0) is 6.61 Å². The van der Waals surface area contributed by atoms with Gasteiger partial charge in [-0.2, -0.15) is 0 Å². The molecule has 23 heavy (non-hydrogen) atoms. The van der Waals surface area contributed by atoms with Crippen molar-refractivity contribution < 1.29 is 13.9 Å². The highest BCUT2D eigenvalue weighted by atomic mass is 19.1. The molecule has 3 nitrogen and oxygen atoms in total. The summed E-state index contributed by atoms with van der Waals surface area (Å²) in [5.41, 5.74) is 2.80. The second-order valence-electron chi connectivity index (χ2n) is 5.04. The first-order valence-electron chi connectivity index (χ1n) is 7.13. The predicted molar refractivity (Wildman–Crippen MR) is 85.8 cm³/mol. The summed E-state index contributed by atoms with van der Waals surface area (Å²) in [5, 5.41) is 0. The van der Waals surface area contributed by atoms with Gasteiger partial charge in [0.1, 0.15) is 24.5 Å². The standard InChI is InChI=1S/C19H14FNO2/c20-17-9-16(10-21-11-17)18-7-6-15(12-22)8-19(18)23-13-14-4-2-1-3-5-14/h1-12H,13H2. The van der Waals surface area contributed by atoms with Gasteiger partial charge in [0.25, 0.3) is 0 Å². The van der Waals surface area contributed by atoms with E-state index < -0.39 is 5.82 Å². The van der Waals surface area contributed by atoms with Gasteiger partial charge in [0, 0.05) is 22.9 Å². The van der Waals surface area contributed by atoms with Gasteiger partial charge < -0.3 is 4.74 Å². The lowest BCUT2D eigenvalue weighted by atomic mass is 10.0. The van der Waals surface area contributed by atoms with E-state index in [-0.39, 0.29) is 0 Å². The molecule has 2 aromatic carbocycles. The number of aldehydes is 1. The molecule has 0 atom stereocenters. The zero-order chi connectivity index (χ0) is 16.1. The van der Waals surface area contributed by atoms with Crippen LogP contribution in [0.1, 0.15) is 15.9 Å². The number of aromatic nitrogens is 1. The number of hydrogen-bond donors (Lipinski definition) is 0. The molecule has 0 saturated heterocycles. The second kappa shape index (κ2) is 6.83. The number of ether oxygens (including phenoxy) is 1. The van der Waals surface area contributed by atoms with Crippen molar-refractivity contribution in [3.63, 3.8) is 0 Å². The number of carbonyl (C=O) groups is 1. The minimum Gasteiger partial charge on any atom is -0.488 e. The molecule has 0 aliphatic heterocycles. The maximum atomic E-state index is 13.4. The first-order valence-corrected chi connectivity index (χ1v) is 7.13. The van der Waals surface area contributed by atoms with Gasteiger partial charge in [-0.1, -0.05) is 36.4 Å². The SMILES string of the molecule is O=Cc1ccc(-c2cncc(F)c2)c(OCc2ccccc2)c1. The van der Waals surface area contributed by atoms with E-state index in [1.165, 1.54) is 6.07 Å². The van der Waals surface area contributed by atoms with Crippen molar-refractivity contribution in [1.82, 2.24) is 4.98 Å². The van der Waals surface area contributed by atoms with E-state index in [0.29, 0.717) is 29.0 Å². The van der Waals surface area contributed by atoms with Crippen molar-refractivity contribution >= 4 is 6.29 Å². The fourth-order valence-corrected chi connectivity index (χ4v) is 2.26. The van der Waals surface area contributed by atoms with Gasteiger partial charge in [-0.15, -0.1) is 0 Å². The summed E-state index contributed by atoms with van der Waals surface area (Å²) in [6.07, 6.45) is 3.46. The minimum atomic E-state index is -0.420. The third kappa shape index (κ3) is 3.61. The van der Waals surface area contributed by atoms with Gasteiger partial charge in [-0.3, -0.25) is 9.78 Å². The summed E-state index contributed by atoms with van der Waals surface area (Å²) in [6.45, 7) is 0.360. The third-order valence-corrected chi connectivity index (χ3v) is 3.39. The highest BCUT2D eigenvalue weighted by Gasteiger charge is 2.09. The molecule has 0 N–H and O–H groups in total. The van der Waals surface area contributed by atoms with Gasteiger partial charge in [0.05, 0.1) is 6.20 Å². The van der Waals surface area contributed by atoms with Crippen LogP contribution in [0.5, 0.6) is 5.75 Å². The zero-order valence-electron chi connectivity index (χ0n) is 12.3. The van der Waals surface area contributed by atoms with Crippen LogP contribution in [0.2, 0.25) is 0 Å². The molecular formula is C19H14FNO2. The molecule has 0 aliphatic rings. The molecule has 0 fully saturated rings. The Balaban J connectivity index is 1.94. The molecule has 3 aromatic rings. The largest absolute Gasteiger partial charge is 0.488 e. The molecule has 3 rings (SSSR count). The molecule has 0 spiro atoms. The first-order chi connectivity index (χ1) is 11.3. The first kappa shape index (κ1) is 14.9. The van der Waals surface area contributed by atoms with Crippen molar-refractivity contribution in [1.29, 1.82) is 0 Å². The molecule has 0 radical (unpaired) electrons. The van der Waals surface area contributed by atoms with Gasteiger partial charge in [-0.05, 0) is 23.8 Å². The number of nitrogens with zero attached hydrogens (tertiary/aromatic N) is 1. The maximum absolute atomic E-state index is 13.4. The van der Waals surface area contributed by atoms with E-state index in [0.717, 1.165) is 18.0 Å². The number of pyridine rings is 1. The minimum absolute atomic E-state index is 0.360. The summed E-state index contributed by atoms with van der Waals surface area (Å²) in [7, 11) is 0. The topological polar surface area (TPSA) is 39.2 Å². The Morgan fingerprint density at radius 3 is 2.61 bits per heavy atom. The van der Waals surface area contributed by atoms with E-state index in [1.54, 1.807) is 24.4 Å². The quantitative estimate of drug-likeness (QED) is 0.660. The number of rotatable bonds is 5. The molecule has 0 bridgehead atoms. The van der Waals surface area contributed by atoms with Crippen molar-refractivity contribution in [2.24, 2.45) is 0 Å². The highest BCUT2D eigenvalue weighted by molar-refractivity contribution is 5.80. The lowest BCUT2D eigenvalue weighted by molar-refractivity contribution is 0.112. The van der Waals surface area contributed by atoms with E-state index in [2.05, 4.69) is 4.98 Å². The maximum Gasteiger partial charge on any atom is 0.150 e. The summed E-state index contributed by atoms with van der Waals surface area (Å²) in [6, 6.07) is 16.1. The fraction of sp³-hybridized carbons (Fsp3) is 0.0526. The Morgan fingerprint density at radius 1 is 1.04 bits per heavy atom. The van der Waals surface area contributed by atoms with Crippen molar-refractivity contribution in [3.05, 3.63) is 83.9 Å². The number of carbonyl (C=O) groups excluding carboxylic acids is 1. The molecule has 1 aromatic heterocycles. The van der Waals surface area contributed by atoms with Crippen LogP contribution >= 0.6 is 0 Å². The van der Waals surface area contributed by atoms with Crippen molar-refractivity contribution in [2.75, 3.05) is 0 Å². The Hall–Kier alpha value is -3.01. The number of benzene rings is 2. The molecule has 4 heteroatoms. The molecular weight excluding hydrogens is 293 g/mol. The molecule has 0 unspecified atom stereocenters. The van der Waals surface area contributed by atoms with Crippen LogP contribution in [-0.4, -0.2) is 11.3 Å². The molecule has 0 saturated carbocycles. The Morgan fingerprint density at radius 2 is 1.87 bits per heavy atom. The average Bonchev–Trinajstić information content (AvgIpc) is 2.60. The number of hydrogen-bond acceptors (Lipinski definition) is 3. The number of halogens is 1. The van der Waals surface area contributed by atoms with Crippen molar-refractivity contribution in [2.45, 2.75) is 6.61 Å². The third-order valence-electron chi connectivity index (χ3n) is 3.39. The highest BCUT2D eigenvalue weighted by Crippen LogP contribution is 2.31. The van der Waals surface area contributed by atoms with E-state index >= 15 is 0 Å². The van der Waals surface area contributed by atoms with E-state index in [4.69, 9.17) is 4.74 Å². The lowest BCUT2D eigenvalue weighted by Crippen LogP contribution is -1.98. The van der Waals surface area contributed by atoms with E-state index in [1.807, 2.05) is 30.3 Å². The van der Waals surface area contributed by atoms with Crippen LogP contribution in [0, 0.1) is 5.82 Å². The van der Waals surface area contributed by atoms with Gasteiger partial charge >= 0.3 is 0 Å². The fourth-order valence-electron chi connectivity index (χ4n) is 2.26. The van der Waals surface area contributed by atoms with Crippen LogP contribution in [0.15, 0.2) is 67.0 Å². The Kier molecular flexibility index (Phi) is 4.43. The smallest absolute Gasteiger partial charge is 0.150 e. The van der Waals surface area contributed by atoms with E-state index in [9.17, 15) is 9.18 Å². The zero-order valence-corrected chi connectivity index (χ0v) is 12.3. The molecule has 1 heterocycles. The van der Waals surface area contributed by atoms with Gasteiger partial charge in [0.2, 0.25) is 0 Å². The summed E-state index contributed by atoms with van der Waals surface area (Å²) in [4.78, 5) is 14.9. The van der Waals surface area contributed by atoms with Crippen molar-refractivity contribution in [3.8, 4) is 16.9 Å². The lowest BCUT2D eigenvalue weighted by Gasteiger charge is -2.12. The molecule has 0 aliphatic carbocycles. The van der Waals surface area contributed by atoms with Crippen LogP contribution in [0.4, 0.5) is 4.39 Å². The van der Waals surface area contributed by atoms with Crippen LogP contribution in [0.25, 0.3) is 11.1 Å². The predicted octanol–water partition coefficient (Wildman–Crippen LogP) is 4.28. The average molecular weight is 307 g/mol. The molecule has 0 amide bonds. The van der Waals surface area contributed by atoms with Crippen LogP contribution in [0.3, 0.4) is 0 Å². The summed E-state index contributed by atoms with van der Waals surface area (Å²) >= 11 is 0. The van der Waals surface area contributed by atoms with Crippen LogP contribution < -0.4 is 4.74 Å². The monoisotopic (exact) mass is 307 g/mol. The summed E-state index contributed by atoms with van der Waals surface area (Å²) in [5.74, 6) is 0.0989.